The number of aliphatic hydroxyl groups excluding tert-OH is 1. The molecule has 8 heteroatoms. The van der Waals surface area contributed by atoms with Crippen molar-refractivity contribution in [3.63, 3.8) is 0 Å². The number of nitrogens with one attached hydrogen (secondary N) is 2. The van der Waals surface area contributed by atoms with Crippen LogP contribution in [0.15, 0.2) is 36.5 Å². The molecule has 4 rings (SSSR count). The van der Waals surface area contributed by atoms with Crippen LogP contribution in [0.1, 0.15) is 58.9 Å². The molecule has 0 radical (unpaired) electrons. The van der Waals surface area contributed by atoms with Crippen LogP contribution in [0, 0.1) is 6.92 Å². The van der Waals surface area contributed by atoms with E-state index in [2.05, 4.69) is 20.5 Å². The van der Waals surface area contributed by atoms with Gasteiger partial charge < -0.3 is 25.4 Å². The summed E-state index contributed by atoms with van der Waals surface area (Å²) in [5.41, 5.74) is 1.97. The minimum Gasteiger partial charge on any atom is -0.496 e. The summed E-state index contributed by atoms with van der Waals surface area (Å²) in [5.74, 6) is 1.27. The van der Waals surface area contributed by atoms with Gasteiger partial charge in [0.1, 0.15) is 11.6 Å². The van der Waals surface area contributed by atoms with Gasteiger partial charge in [0, 0.05) is 42.0 Å². The van der Waals surface area contributed by atoms with E-state index in [0.29, 0.717) is 29.0 Å². The number of hydrogen-bond donors (Lipinski definition) is 3. The number of amides is 2. The van der Waals surface area contributed by atoms with Gasteiger partial charge in [-0.05, 0) is 63.8 Å². The normalized spacial score (nSPS) is 22.5. The SMILES string of the molecule is COc1cccc(C(=O)NC2C[C@H]3CC[C@@H](C2)N3c2ccc(C(=O)NC[C@H](C)O)cn2)c1C. The lowest BCUT2D eigenvalue weighted by molar-refractivity contribution is 0.0918. The third kappa shape index (κ3) is 4.95. The van der Waals surface area contributed by atoms with Gasteiger partial charge in [-0.25, -0.2) is 4.98 Å². The average Bonchev–Trinajstić information content (AvgIpc) is 3.07. The molecule has 3 N–H and O–H groups in total. The van der Waals surface area contributed by atoms with Crippen molar-refractivity contribution in [2.45, 2.75) is 63.8 Å². The Morgan fingerprint density at radius 1 is 1.18 bits per heavy atom. The highest BCUT2D eigenvalue weighted by Crippen LogP contribution is 2.38. The van der Waals surface area contributed by atoms with Crippen molar-refractivity contribution < 1.29 is 19.4 Å². The fourth-order valence-corrected chi connectivity index (χ4v) is 5.03. The summed E-state index contributed by atoms with van der Waals surface area (Å²) >= 11 is 0. The molecule has 176 valence electrons. The highest BCUT2D eigenvalue weighted by atomic mass is 16.5. The summed E-state index contributed by atoms with van der Waals surface area (Å²) in [6, 6.07) is 9.93. The van der Waals surface area contributed by atoms with E-state index in [9.17, 15) is 14.7 Å². The predicted octanol–water partition coefficient (Wildman–Crippen LogP) is 2.44. The summed E-state index contributed by atoms with van der Waals surface area (Å²) in [6.07, 6.45) is 4.85. The zero-order chi connectivity index (χ0) is 23.5. The Hall–Kier alpha value is -3.13. The van der Waals surface area contributed by atoms with Gasteiger partial charge in [-0.3, -0.25) is 9.59 Å². The largest absolute Gasteiger partial charge is 0.496 e. The van der Waals surface area contributed by atoms with Crippen molar-refractivity contribution in [2.75, 3.05) is 18.6 Å². The van der Waals surface area contributed by atoms with Crippen molar-refractivity contribution in [1.29, 1.82) is 0 Å². The van der Waals surface area contributed by atoms with Crippen molar-refractivity contribution >= 4 is 17.6 Å². The molecule has 2 amide bonds. The topological polar surface area (TPSA) is 104 Å². The minimum absolute atomic E-state index is 0.0602. The minimum atomic E-state index is -0.591. The monoisotopic (exact) mass is 452 g/mol. The lowest BCUT2D eigenvalue weighted by atomic mass is 9.96. The van der Waals surface area contributed by atoms with Gasteiger partial charge in [0.2, 0.25) is 0 Å². The summed E-state index contributed by atoms with van der Waals surface area (Å²) in [6.45, 7) is 3.74. The van der Waals surface area contributed by atoms with Crippen LogP contribution >= 0.6 is 0 Å². The number of carbonyl (C=O) groups is 2. The molecule has 0 spiro atoms. The third-order valence-electron chi connectivity index (χ3n) is 6.65. The van der Waals surface area contributed by atoms with Gasteiger partial charge >= 0.3 is 0 Å². The molecule has 4 atom stereocenters. The molecule has 33 heavy (non-hydrogen) atoms. The first-order valence-corrected chi connectivity index (χ1v) is 11.5. The second-order valence-electron chi connectivity index (χ2n) is 9.03. The molecule has 0 aliphatic carbocycles. The maximum atomic E-state index is 12.9. The highest BCUT2D eigenvalue weighted by Gasteiger charge is 2.41. The van der Waals surface area contributed by atoms with Gasteiger partial charge in [-0.2, -0.15) is 0 Å². The molecule has 1 unspecified atom stereocenters. The molecule has 2 fully saturated rings. The number of ether oxygens (including phenoxy) is 1. The second-order valence-corrected chi connectivity index (χ2v) is 9.03. The Labute approximate surface area is 194 Å². The molecule has 2 bridgehead atoms. The lowest BCUT2D eigenvalue weighted by Gasteiger charge is -2.40. The van der Waals surface area contributed by atoms with Crippen LogP contribution in [0.4, 0.5) is 5.82 Å². The van der Waals surface area contributed by atoms with Crippen LogP contribution in [0.5, 0.6) is 5.75 Å². The van der Waals surface area contributed by atoms with Crippen LogP contribution in [-0.2, 0) is 0 Å². The number of piperidine rings is 1. The first-order chi connectivity index (χ1) is 15.9. The number of pyridine rings is 1. The van der Waals surface area contributed by atoms with E-state index in [1.54, 1.807) is 26.3 Å². The Bertz CT molecular complexity index is 994. The van der Waals surface area contributed by atoms with E-state index in [1.807, 2.05) is 31.2 Å². The van der Waals surface area contributed by atoms with E-state index in [-0.39, 0.29) is 24.4 Å². The van der Waals surface area contributed by atoms with Crippen LogP contribution in [0.2, 0.25) is 0 Å². The van der Waals surface area contributed by atoms with E-state index in [0.717, 1.165) is 37.1 Å². The van der Waals surface area contributed by atoms with E-state index < -0.39 is 6.10 Å². The van der Waals surface area contributed by atoms with Crippen LogP contribution in [-0.4, -0.2) is 59.8 Å². The van der Waals surface area contributed by atoms with E-state index in [4.69, 9.17) is 4.74 Å². The molecule has 2 saturated heterocycles. The fraction of sp³-hybridized carbons (Fsp3) is 0.480. The molecule has 3 heterocycles. The van der Waals surface area contributed by atoms with Crippen molar-refractivity contribution in [1.82, 2.24) is 15.6 Å². The first-order valence-electron chi connectivity index (χ1n) is 11.5. The zero-order valence-electron chi connectivity index (χ0n) is 19.4. The van der Waals surface area contributed by atoms with E-state index in [1.165, 1.54) is 0 Å². The molecule has 1 aromatic heterocycles. The van der Waals surface area contributed by atoms with E-state index >= 15 is 0 Å². The first kappa shape index (κ1) is 23.0. The van der Waals surface area contributed by atoms with Crippen LogP contribution in [0.25, 0.3) is 0 Å². The number of methoxy groups -OCH3 is 1. The van der Waals surface area contributed by atoms with Crippen LogP contribution < -0.4 is 20.3 Å². The number of hydrogen-bond acceptors (Lipinski definition) is 6. The van der Waals surface area contributed by atoms with Gasteiger partial charge in [-0.15, -0.1) is 0 Å². The zero-order valence-corrected chi connectivity index (χ0v) is 19.4. The second kappa shape index (κ2) is 9.79. The van der Waals surface area contributed by atoms with Crippen molar-refractivity contribution in [2.24, 2.45) is 0 Å². The Morgan fingerprint density at radius 3 is 2.52 bits per heavy atom. The van der Waals surface area contributed by atoms with Gasteiger partial charge in [0.25, 0.3) is 11.8 Å². The summed E-state index contributed by atoms with van der Waals surface area (Å²) in [5, 5.41) is 15.3. The van der Waals surface area contributed by atoms with Crippen molar-refractivity contribution in [3.05, 3.63) is 53.2 Å². The molecule has 2 aromatic rings. The highest BCUT2D eigenvalue weighted by molar-refractivity contribution is 5.96. The number of aliphatic hydroxyl groups is 1. The van der Waals surface area contributed by atoms with Gasteiger partial charge in [0.05, 0.1) is 18.8 Å². The molecule has 8 nitrogen and oxygen atoms in total. The molecular formula is C25H32N4O4. The Morgan fingerprint density at radius 2 is 1.91 bits per heavy atom. The van der Waals surface area contributed by atoms with Crippen LogP contribution in [0.3, 0.4) is 0 Å². The van der Waals surface area contributed by atoms with Gasteiger partial charge in [-0.1, -0.05) is 6.07 Å². The summed E-state index contributed by atoms with van der Waals surface area (Å²) in [4.78, 5) is 32.0. The average molecular weight is 453 g/mol. The number of anilines is 1. The maximum Gasteiger partial charge on any atom is 0.252 e. The number of benzene rings is 1. The van der Waals surface area contributed by atoms with Gasteiger partial charge in [0.15, 0.2) is 0 Å². The third-order valence-corrected chi connectivity index (χ3v) is 6.65. The Kier molecular flexibility index (Phi) is 6.83. The van der Waals surface area contributed by atoms with Crippen molar-refractivity contribution in [3.8, 4) is 5.75 Å². The lowest BCUT2D eigenvalue weighted by Crippen LogP contribution is -2.50. The summed E-state index contributed by atoms with van der Waals surface area (Å²) < 4.78 is 5.35. The molecular weight excluding hydrogens is 420 g/mol. The quantitative estimate of drug-likeness (QED) is 0.596. The summed E-state index contributed by atoms with van der Waals surface area (Å²) in [7, 11) is 1.61. The molecule has 1 aromatic carbocycles. The number of carbonyl (C=O) groups excluding carboxylic acids is 2. The number of fused-ring (bicyclic) bond motifs is 2. The smallest absolute Gasteiger partial charge is 0.252 e. The Balaban J connectivity index is 1.39. The maximum absolute atomic E-state index is 12.9. The molecule has 2 aliphatic rings. The molecule has 2 aliphatic heterocycles. The number of aromatic nitrogens is 1. The predicted molar refractivity (Wildman–Crippen MR) is 126 cm³/mol. The fourth-order valence-electron chi connectivity index (χ4n) is 5.03. The standard InChI is InChI=1S/C25H32N4O4/c1-15(30)13-27-24(31)17-7-10-23(26-14-17)29-19-8-9-20(29)12-18(11-19)28-25(32)21-5-4-6-22(33-3)16(21)2/h4-7,10,14-15,18-20,30H,8-9,11-13H2,1-3H3,(H,27,31)(H,28,32)/t15-,18?,19-,20+/m0/s1. The molecule has 0 saturated carbocycles. The number of nitrogens with zero attached hydrogens (tertiary/aromatic N) is 2. The number of rotatable bonds is 7.